The molecule has 25 heavy (non-hydrogen) atoms. The fraction of sp³-hybridized carbons (Fsp3) is 0.500. The number of Topliss-reactive ketones (excluding diaryl/α,β-unsaturated/α-hetero) is 1. The summed E-state index contributed by atoms with van der Waals surface area (Å²) in [6, 6.07) is 7.30. The molecule has 7 heteroatoms. The molecule has 2 fully saturated rings. The number of piperazine rings is 1. The van der Waals surface area contributed by atoms with Gasteiger partial charge in [0.25, 0.3) is 5.91 Å². The first-order valence-electron chi connectivity index (χ1n) is 8.62. The number of benzene rings is 1. The molecule has 2 heterocycles. The Hall–Kier alpha value is -1.99. The number of hydrogen-bond donors (Lipinski definition) is 1. The van der Waals surface area contributed by atoms with Crippen LogP contribution >= 0.6 is 12.2 Å². The van der Waals surface area contributed by atoms with Crippen molar-refractivity contribution in [2.24, 2.45) is 0 Å². The summed E-state index contributed by atoms with van der Waals surface area (Å²) in [6.45, 7) is 4.90. The van der Waals surface area contributed by atoms with Crippen LogP contribution in [0, 0.1) is 0 Å². The lowest BCUT2D eigenvalue weighted by Crippen LogP contribution is -2.53. The number of ketones is 1. The van der Waals surface area contributed by atoms with E-state index in [1.807, 2.05) is 17.0 Å². The van der Waals surface area contributed by atoms with Crippen LogP contribution in [0.3, 0.4) is 0 Å². The third kappa shape index (κ3) is 4.35. The lowest BCUT2D eigenvalue weighted by atomic mass is 10.1. The minimum absolute atomic E-state index is 0.0239. The number of ether oxygens (including phenoxy) is 1. The first kappa shape index (κ1) is 17.8. The Morgan fingerprint density at radius 1 is 1.20 bits per heavy atom. The van der Waals surface area contributed by atoms with Crippen LogP contribution < -0.4 is 5.32 Å². The van der Waals surface area contributed by atoms with Crippen molar-refractivity contribution < 1.29 is 14.3 Å². The molecule has 1 atom stereocenters. The standard InChI is InChI=1S/C18H23N3O3S/c1-13(22)14-4-2-5-15(12-14)19-18(25)21-9-7-20(8-10-21)17(23)16-6-3-11-24-16/h2,4-5,12,16H,3,6-11H2,1H3,(H,19,25). The summed E-state index contributed by atoms with van der Waals surface area (Å²) in [5.41, 5.74) is 1.45. The monoisotopic (exact) mass is 361 g/mol. The molecule has 3 rings (SSSR count). The lowest BCUT2D eigenvalue weighted by Gasteiger charge is -2.37. The van der Waals surface area contributed by atoms with Crippen molar-refractivity contribution in [2.45, 2.75) is 25.9 Å². The summed E-state index contributed by atoms with van der Waals surface area (Å²) < 4.78 is 5.48. The molecular weight excluding hydrogens is 338 g/mol. The number of carbonyl (C=O) groups excluding carboxylic acids is 2. The van der Waals surface area contributed by atoms with E-state index in [4.69, 9.17) is 17.0 Å². The Kier molecular flexibility index (Phi) is 5.65. The van der Waals surface area contributed by atoms with Gasteiger partial charge in [-0.3, -0.25) is 9.59 Å². The van der Waals surface area contributed by atoms with E-state index < -0.39 is 0 Å². The molecule has 0 radical (unpaired) electrons. The van der Waals surface area contributed by atoms with Gasteiger partial charge in [0, 0.05) is 44.0 Å². The number of thiocarbonyl (C=S) groups is 1. The molecule has 1 amide bonds. The van der Waals surface area contributed by atoms with Crippen molar-refractivity contribution in [2.75, 3.05) is 38.1 Å². The molecule has 1 aromatic rings. The summed E-state index contributed by atoms with van der Waals surface area (Å²) >= 11 is 5.48. The van der Waals surface area contributed by atoms with Crippen molar-refractivity contribution in [3.8, 4) is 0 Å². The van der Waals surface area contributed by atoms with E-state index in [-0.39, 0.29) is 17.8 Å². The Morgan fingerprint density at radius 3 is 2.56 bits per heavy atom. The van der Waals surface area contributed by atoms with Crippen LogP contribution in [0.25, 0.3) is 0 Å². The highest BCUT2D eigenvalue weighted by Crippen LogP contribution is 2.17. The van der Waals surface area contributed by atoms with Crippen molar-refractivity contribution >= 4 is 34.7 Å². The van der Waals surface area contributed by atoms with Gasteiger partial charge in [-0.15, -0.1) is 0 Å². The van der Waals surface area contributed by atoms with E-state index in [0.717, 1.165) is 18.5 Å². The summed E-state index contributed by atoms with van der Waals surface area (Å²) in [5.74, 6) is 0.126. The molecule has 1 aromatic carbocycles. The third-order valence-corrected chi connectivity index (χ3v) is 4.96. The smallest absolute Gasteiger partial charge is 0.251 e. The average Bonchev–Trinajstić information content (AvgIpc) is 3.16. The zero-order valence-corrected chi connectivity index (χ0v) is 15.2. The Bertz CT molecular complexity index is 665. The molecular formula is C18H23N3O3S. The number of amides is 1. The predicted molar refractivity (Wildman–Crippen MR) is 99.8 cm³/mol. The normalized spacial score (nSPS) is 20.4. The van der Waals surface area contributed by atoms with Crippen molar-refractivity contribution in [1.29, 1.82) is 0 Å². The molecule has 0 aromatic heterocycles. The zero-order valence-electron chi connectivity index (χ0n) is 14.4. The lowest BCUT2D eigenvalue weighted by molar-refractivity contribution is -0.142. The fourth-order valence-corrected chi connectivity index (χ4v) is 3.42. The molecule has 2 aliphatic rings. The number of rotatable bonds is 3. The molecule has 2 saturated heterocycles. The van der Waals surface area contributed by atoms with E-state index in [2.05, 4.69) is 10.2 Å². The van der Waals surface area contributed by atoms with E-state index >= 15 is 0 Å². The van der Waals surface area contributed by atoms with Gasteiger partial charge in [-0.25, -0.2) is 0 Å². The van der Waals surface area contributed by atoms with Crippen LogP contribution in [-0.2, 0) is 9.53 Å². The van der Waals surface area contributed by atoms with Gasteiger partial charge in [-0.05, 0) is 44.1 Å². The minimum atomic E-state index is -0.258. The van der Waals surface area contributed by atoms with Gasteiger partial charge in [0.15, 0.2) is 10.9 Å². The van der Waals surface area contributed by atoms with Gasteiger partial charge >= 0.3 is 0 Å². The molecule has 0 bridgehead atoms. The average molecular weight is 361 g/mol. The largest absolute Gasteiger partial charge is 0.368 e. The van der Waals surface area contributed by atoms with Crippen LogP contribution in [0.2, 0.25) is 0 Å². The zero-order chi connectivity index (χ0) is 17.8. The van der Waals surface area contributed by atoms with Gasteiger partial charge in [0.2, 0.25) is 0 Å². The highest BCUT2D eigenvalue weighted by molar-refractivity contribution is 7.80. The van der Waals surface area contributed by atoms with Crippen LogP contribution in [0.5, 0.6) is 0 Å². The highest BCUT2D eigenvalue weighted by atomic mass is 32.1. The number of nitrogens with zero attached hydrogens (tertiary/aromatic N) is 2. The summed E-state index contributed by atoms with van der Waals surface area (Å²) in [6.07, 6.45) is 1.53. The van der Waals surface area contributed by atoms with Crippen LogP contribution in [-0.4, -0.2) is 65.5 Å². The molecule has 0 saturated carbocycles. The van der Waals surface area contributed by atoms with Gasteiger partial charge in [0.1, 0.15) is 6.10 Å². The van der Waals surface area contributed by atoms with Gasteiger partial charge in [-0.2, -0.15) is 0 Å². The summed E-state index contributed by atoms with van der Waals surface area (Å²) in [4.78, 5) is 27.8. The minimum Gasteiger partial charge on any atom is -0.368 e. The summed E-state index contributed by atoms with van der Waals surface area (Å²) in [7, 11) is 0. The Morgan fingerprint density at radius 2 is 1.92 bits per heavy atom. The molecule has 0 aliphatic carbocycles. The van der Waals surface area contributed by atoms with E-state index in [0.29, 0.717) is 43.5 Å². The number of carbonyl (C=O) groups is 2. The van der Waals surface area contributed by atoms with E-state index in [1.165, 1.54) is 0 Å². The SMILES string of the molecule is CC(=O)c1cccc(NC(=S)N2CCN(C(=O)C3CCCO3)CC2)c1. The van der Waals surface area contributed by atoms with E-state index in [1.54, 1.807) is 19.1 Å². The topological polar surface area (TPSA) is 61.9 Å². The first-order valence-corrected chi connectivity index (χ1v) is 9.03. The van der Waals surface area contributed by atoms with E-state index in [9.17, 15) is 9.59 Å². The van der Waals surface area contributed by atoms with Gasteiger partial charge < -0.3 is 19.9 Å². The van der Waals surface area contributed by atoms with Gasteiger partial charge in [0.05, 0.1) is 0 Å². The third-order valence-electron chi connectivity index (χ3n) is 4.60. The molecule has 134 valence electrons. The summed E-state index contributed by atoms with van der Waals surface area (Å²) in [5, 5.41) is 3.80. The molecule has 1 unspecified atom stereocenters. The number of hydrogen-bond acceptors (Lipinski definition) is 4. The Labute approximate surface area is 153 Å². The number of nitrogens with one attached hydrogen (secondary N) is 1. The first-order chi connectivity index (χ1) is 12.0. The van der Waals surface area contributed by atoms with Crippen molar-refractivity contribution in [1.82, 2.24) is 9.80 Å². The molecule has 6 nitrogen and oxygen atoms in total. The maximum absolute atomic E-state index is 12.4. The molecule has 2 aliphatic heterocycles. The van der Waals surface area contributed by atoms with Crippen molar-refractivity contribution in [3.63, 3.8) is 0 Å². The maximum atomic E-state index is 12.4. The number of anilines is 1. The second-order valence-corrected chi connectivity index (χ2v) is 6.77. The van der Waals surface area contributed by atoms with Crippen LogP contribution in [0.1, 0.15) is 30.1 Å². The van der Waals surface area contributed by atoms with Crippen molar-refractivity contribution in [3.05, 3.63) is 29.8 Å². The van der Waals surface area contributed by atoms with Gasteiger partial charge in [-0.1, -0.05) is 12.1 Å². The maximum Gasteiger partial charge on any atom is 0.251 e. The van der Waals surface area contributed by atoms with Crippen LogP contribution in [0.4, 0.5) is 5.69 Å². The highest BCUT2D eigenvalue weighted by Gasteiger charge is 2.30. The second-order valence-electron chi connectivity index (χ2n) is 6.38. The Balaban J connectivity index is 1.52. The molecule has 0 spiro atoms. The molecule has 1 N–H and O–H groups in total. The van der Waals surface area contributed by atoms with Crippen LogP contribution in [0.15, 0.2) is 24.3 Å². The quantitative estimate of drug-likeness (QED) is 0.656. The second kappa shape index (κ2) is 7.93. The predicted octanol–water partition coefficient (Wildman–Crippen LogP) is 1.91. The fourth-order valence-electron chi connectivity index (χ4n) is 3.12.